The smallest absolute Gasteiger partial charge is 0.0388 e. The summed E-state index contributed by atoms with van der Waals surface area (Å²) < 4.78 is 0. The standard InChI is InChI=1S/C14H22N2/c1-4-16(5-2)14-8-9-15-13-7-6-11(3)10-12(13)14/h6-7,10,14-15H,4-5,8-9H2,1-3H3. The van der Waals surface area contributed by atoms with Gasteiger partial charge in [-0.05, 0) is 38.1 Å². The molecule has 0 spiro atoms. The number of nitrogens with zero attached hydrogens (tertiary/aromatic N) is 1. The third-order valence-corrected chi connectivity index (χ3v) is 3.55. The first-order chi connectivity index (χ1) is 7.76. The highest BCUT2D eigenvalue weighted by Gasteiger charge is 2.23. The third kappa shape index (κ3) is 2.07. The van der Waals surface area contributed by atoms with Gasteiger partial charge in [-0.25, -0.2) is 0 Å². The Bertz CT molecular complexity index is 356. The molecule has 0 saturated heterocycles. The largest absolute Gasteiger partial charge is 0.385 e. The van der Waals surface area contributed by atoms with Crippen molar-refractivity contribution in [3.63, 3.8) is 0 Å². The van der Waals surface area contributed by atoms with Gasteiger partial charge in [0.1, 0.15) is 0 Å². The first-order valence-corrected chi connectivity index (χ1v) is 6.34. The van der Waals surface area contributed by atoms with E-state index in [0.29, 0.717) is 6.04 Å². The summed E-state index contributed by atoms with van der Waals surface area (Å²) in [4.78, 5) is 2.55. The minimum absolute atomic E-state index is 0.603. The lowest BCUT2D eigenvalue weighted by molar-refractivity contribution is 0.208. The van der Waals surface area contributed by atoms with Crippen LogP contribution in [0.3, 0.4) is 0 Å². The molecular weight excluding hydrogens is 196 g/mol. The molecule has 0 bridgehead atoms. The van der Waals surface area contributed by atoms with E-state index in [1.807, 2.05) is 0 Å². The Kier molecular flexibility index (Phi) is 3.49. The van der Waals surface area contributed by atoms with Crippen molar-refractivity contribution in [1.82, 2.24) is 4.90 Å². The minimum Gasteiger partial charge on any atom is -0.385 e. The quantitative estimate of drug-likeness (QED) is 0.838. The van der Waals surface area contributed by atoms with Gasteiger partial charge in [-0.3, -0.25) is 4.90 Å². The first-order valence-electron chi connectivity index (χ1n) is 6.34. The fourth-order valence-corrected chi connectivity index (χ4v) is 2.66. The second-order valence-corrected chi connectivity index (χ2v) is 4.54. The second kappa shape index (κ2) is 4.88. The first kappa shape index (κ1) is 11.5. The van der Waals surface area contributed by atoms with Crippen molar-refractivity contribution in [3.8, 4) is 0 Å². The number of aryl methyl sites for hydroxylation is 1. The maximum absolute atomic E-state index is 3.50. The van der Waals surface area contributed by atoms with E-state index in [0.717, 1.165) is 19.6 Å². The van der Waals surface area contributed by atoms with Gasteiger partial charge in [-0.2, -0.15) is 0 Å². The number of benzene rings is 1. The van der Waals surface area contributed by atoms with Crippen LogP contribution in [0.2, 0.25) is 0 Å². The summed E-state index contributed by atoms with van der Waals surface area (Å²) in [6.45, 7) is 10.0. The van der Waals surface area contributed by atoms with E-state index in [4.69, 9.17) is 0 Å². The Balaban J connectivity index is 2.34. The Labute approximate surface area is 98.7 Å². The predicted octanol–water partition coefficient (Wildman–Crippen LogP) is 3.19. The molecule has 1 N–H and O–H groups in total. The van der Waals surface area contributed by atoms with Crippen molar-refractivity contribution < 1.29 is 0 Å². The summed E-state index contributed by atoms with van der Waals surface area (Å²) in [6, 6.07) is 7.35. The van der Waals surface area contributed by atoms with E-state index in [2.05, 4.69) is 49.2 Å². The molecule has 2 heteroatoms. The van der Waals surface area contributed by atoms with Gasteiger partial charge in [-0.1, -0.05) is 31.5 Å². The van der Waals surface area contributed by atoms with E-state index < -0.39 is 0 Å². The maximum Gasteiger partial charge on any atom is 0.0388 e. The zero-order valence-corrected chi connectivity index (χ0v) is 10.6. The van der Waals surface area contributed by atoms with Crippen molar-refractivity contribution in [1.29, 1.82) is 0 Å². The molecule has 0 radical (unpaired) electrons. The molecule has 0 aliphatic carbocycles. The summed E-state index contributed by atoms with van der Waals surface area (Å²) >= 11 is 0. The summed E-state index contributed by atoms with van der Waals surface area (Å²) in [5.74, 6) is 0. The SMILES string of the molecule is CCN(CC)C1CCNc2ccc(C)cc21. The average Bonchev–Trinajstić information content (AvgIpc) is 2.31. The van der Waals surface area contributed by atoms with Gasteiger partial charge in [0.15, 0.2) is 0 Å². The van der Waals surface area contributed by atoms with Crippen LogP contribution in [-0.4, -0.2) is 24.5 Å². The van der Waals surface area contributed by atoms with Crippen molar-refractivity contribution >= 4 is 5.69 Å². The molecule has 1 heterocycles. The van der Waals surface area contributed by atoms with Crippen LogP contribution in [0.5, 0.6) is 0 Å². The van der Waals surface area contributed by atoms with E-state index >= 15 is 0 Å². The van der Waals surface area contributed by atoms with Gasteiger partial charge in [0.2, 0.25) is 0 Å². The van der Waals surface area contributed by atoms with E-state index in [9.17, 15) is 0 Å². The molecule has 1 aromatic rings. The van der Waals surface area contributed by atoms with E-state index in [1.54, 1.807) is 0 Å². The van der Waals surface area contributed by atoms with Crippen molar-refractivity contribution in [2.45, 2.75) is 33.2 Å². The molecule has 1 atom stereocenters. The lowest BCUT2D eigenvalue weighted by Gasteiger charge is -2.35. The molecule has 1 aliphatic rings. The second-order valence-electron chi connectivity index (χ2n) is 4.54. The Morgan fingerprint density at radius 3 is 2.75 bits per heavy atom. The highest BCUT2D eigenvalue weighted by Crippen LogP contribution is 2.34. The molecule has 1 unspecified atom stereocenters. The van der Waals surface area contributed by atoms with Crippen LogP contribution >= 0.6 is 0 Å². The van der Waals surface area contributed by atoms with Crippen molar-refractivity contribution in [2.75, 3.05) is 25.0 Å². The number of nitrogens with one attached hydrogen (secondary N) is 1. The van der Waals surface area contributed by atoms with Gasteiger partial charge in [0.05, 0.1) is 0 Å². The Hall–Kier alpha value is -1.02. The molecule has 2 rings (SSSR count). The normalized spacial score (nSPS) is 19.4. The molecule has 16 heavy (non-hydrogen) atoms. The Morgan fingerprint density at radius 2 is 2.06 bits per heavy atom. The summed E-state index contributed by atoms with van der Waals surface area (Å²) in [5.41, 5.74) is 4.17. The zero-order valence-electron chi connectivity index (χ0n) is 10.6. The average molecular weight is 218 g/mol. The number of rotatable bonds is 3. The fraction of sp³-hybridized carbons (Fsp3) is 0.571. The summed E-state index contributed by atoms with van der Waals surface area (Å²) in [6.07, 6.45) is 1.22. The van der Waals surface area contributed by atoms with Gasteiger partial charge in [0.25, 0.3) is 0 Å². The molecule has 0 aromatic heterocycles. The number of hydrogen-bond donors (Lipinski definition) is 1. The molecule has 1 aliphatic heterocycles. The van der Waals surface area contributed by atoms with Crippen LogP contribution in [0.15, 0.2) is 18.2 Å². The van der Waals surface area contributed by atoms with Crippen LogP contribution in [0.4, 0.5) is 5.69 Å². The van der Waals surface area contributed by atoms with Crippen molar-refractivity contribution in [3.05, 3.63) is 29.3 Å². The minimum atomic E-state index is 0.603. The fourth-order valence-electron chi connectivity index (χ4n) is 2.66. The molecule has 0 fully saturated rings. The van der Waals surface area contributed by atoms with Gasteiger partial charge in [-0.15, -0.1) is 0 Å². The number of fused-ring (bicyclic) bond motifs is 1. The lowest BCUT2D eigenvalue weighted by atomic mass is 9.95. The number of hydrogen-bond acceptors (Lipinski definition) is 2. The molecule has 1 aromatic carbocycles. The number of anilines is 1. The molecule has 0 saturated carbocycles. The molecule has 0 amide bonds. The van der Waals surface area contributed by atoms with Crippen molar-refractivity contribution in [2.24, 2.45) is 0 Å². The van der Waals surface area contributed by atoms with Crippen LogP contribution in [0.1, 0.15) is 37.4 Å². The maximum atomic E-state index is 3.50. The molecule has 88 valence electrons. The zero-order chi connectivity index (χ0) is 11.5. The van der Waals surface area contributed by atoms with Crippen LogP contribution in [0.25, 0.3) is 0 Å². The van der Waals surface area contributed by atoms with Crippen LogP contribution in [-0.2, 0) is 0 Å². The van der Waals surface area contributed by atoms with Crippen LogP contribution in [0, 0.1) is 6.92 Å². The van der Waals surface area contributed by atoms with Gasteiger partial charge >= 0.3 is 0 Å². The summed E-state index contributed by atoms with van der Waals surface area (Å²) in [5, 5.41) is 3.50. The topological polar surface area (TPSA) is 15.3 Å². The van der Waals surface area contributed by atoms with Gasteiger partial charge < -0.3 is 5.32 Å². The summed E-state index contributed by atoms with van der Waals surface area (Å²) in [7, 11) is 0. The third-order valence-electron chi connectivity index (χ3n) is 3.55. The lowest BCUT2D eigenvalue weighted by Crippen LogP contribution is -2.33. The highest BCUT2D eigenvalue weighted by molar-refractivity contribution is 5.55. The molecule has 2 nitrogen and oxygen atoms in total. The predicted molar refractivity (Wildman–Crippen MR) is 69.9 cm³/mol. The van der Waals surface area contributed by atoms with Gasteiger partial charge in [0, 0.05) is 18.3 Å². The monoisotopic (exact) mass is 218 g/mol. The van der Waals surface area contributed by atoms with E-state index in [1.165, 1.54) is 23.2 Å². The van der Waals surface area contributed by atoms with Crippen LogP contribution < -0.4 is 5.32 Å². The Morgan fingerprint density at radius 1 is 1.31 bits per heavy atom. The highest BCUT2D eigenvalue weighted by atomic mass is 15.2. The van der Waals surface area contributed by atoms with E-state index in [-0.39, 0.29) is 0 Å². The molecular formula is C14H22N2.